The Morgan fingerprint density at radius 1 is 1.39 bits per heavy atom. The van der Waals surface area contributed by atoms with Gasteiger partial charge in [0.25, 0.3) is 0 Å². The van der Waals surface area contributed by atoms with Crippen LogP contribution in [0.4, 0.5) is 0 Å². The fourth-order valence-electron chi connectivity index (χ4n) is 2.43. The lowest BCUT2D eigenvalue weighted by atomic mass is 9.85. The summed E-state index contributed by atoms with van der Waals surface area (Å²) < 4.78 is 5.64. The molecule has 0 fully saturated rings. The molecule has 1 aliphatic heterocycles. The zero-order chi connectivity index (χ0) is 13.0. The van der Waals surface area contributed by atoms with Crippen molar-refractivity contribution >= 4 is 0 Å². The van der Waals surface area contributed by atoms with Crippen LogP contribution in [0.25, 0.3) is 0 Å². The minimum Gasteiger partial charge on any atom is -0.363 e. The van der Waals surface area contributed by atoms with E-state index in [0.29, 0.717) is 6.61 Å². The maximum absolute atomic E-state index is 9.32. The van der Waals surface area contributed by atoms with Crippen molar-refractivity contribution in [3.63, 3.8) is 0 Å². The average molecular weight is 242 g/mol. The lowest BCUT2D eigenvalue weighted by molar-refractivity contribution is 0.0319. The van der Waals surface area contributed by atoms with E-state index in [-0.39, 0.29) is 12.1 Å². The van der Waals surface area contributed by atoms with E-state index in [0.717, 1.165) is 17.7 Å². The van der Waals surface area contributed by atoms with Gasteiger partial charge in [-0.1, -0.05) is 30.3 Å². The van der Waals surface area contributed by atoms with Gasteiger partial charge in [-0.25, -0.2) is 0 Å². The first-order valence-electron chi connectivity index (χ1n) is 6.30. The van der Waals surface area contributed by atoms with E-state index in [2.05, 4.69) is 23.5 Å². The molecular weight excluding hydrogens is 224 g/mol. The highest BCUT2D eigenvalue weighted by Crippen LogP contribution is 2.33. The van der Waals surface area contributed by atoms with Crippen LogP contribution in [0.2, 0.25) is 0 Å². The molecule has 0 aliphatic carbocycles. The molecule has 1 heterocycles. The minimum absolute atomic E-state index is 0.00249. The third kappa shape index (κ3) is 2.55. The SMILES string of the molecule is CCO[C@H]1C[C@@H](c2ccccc2)C(C#N)=C(C)N1. The molecular formula is C15H18N2O. The Labute approximate surface area is 108 Å². The van der Waals surface area contributed by atoms with E-state index in [4.69, 9.17) is 4.74 Å². The van der Waals surface area contributed by atoms with Crippen molar-refractivity contribution in [2.24, 2.45) is 0 Å². The largest absolute Gasteiger partial charge is 0.363 e. The van der Waals surface area contributed by atoms with Crippen molar-refractivity contribution in [3.05, 3.63) is 47.2 Å². The van der Waals surface area contributed by atoms with E-state index >= 15 is 0 Å². The Hall–Kier alpha value is -1.79. The van der Waals surface area contributed by atoms with E-state index in [1.165, 1.54) is 5.56 Å². The Bertz CT molecular complexity index is 473. The number of rotatable bonds is 3. The summed E-state index contributed by atoms with van der Waals surface area (Å²) in [4.78, 5) is 0. The van der Waals surface area contributed by atoms with Crippen molar-refractivity contribution in [2.75, 3.05) is 6.61 Å². The molecule has 0 amide bonds. The van der Waals surface area contributed by atoms with Crippen molar-refractivity contribution in [3.8, 4) is 6.07 Å². The Morgan fingerprint density at radius 2 is 2.11 bits per heavy atom. The maximum atomic E-state index is 9.32. The van der Waals surface area contributed by atoms with Crippen LogP contribution in [0, 0.1) is 11.3 Å². The molecule has 18 heavy (non-hydrogen) atoms. The molecule has 94 valence electrons. The van der Waals surface area contributed by atoms with Gasteiger partial charge in [0.05, 0.1) is 11.6 Å². The highest BCUT2D eigenvalue weighted by molar-refractivity contribution is 5.40. The van der Waals surface area contributed by atoms with Gasteiger partial charge in [-0.2, -0.15) is 5.26 Å². The molecule has 0 bridgehead atoms. The number of ether oxygens (including phenoxy) is 1. The molecule has 3 nitrogen and oxygen atoms in total. The summed E-state index contributed by atoms with van der Waals surface area (Å²) in [6.07, 6.45) is 0.801. The molecule has 0 saturated heterocycles. The molecule has 0 unspecified atom stereocenters. The number of allylic oxidation sites excluding steroid dienone is 2. The van der Waals surface area contributed by atoms with Gasteiger partial charge in [0.2, 0.25) is 0 Å². The molecule has 0 radical (unpaired) electrons. The number of nitrogens with zero attached hydrogens (tertiary/aromatic N) is 1. The third-order valence-corrected chi connectivity index (χ3v) is 3.27. The minimum atomic E-state index is -0.00249. The number of nitriles is 1. The average Bonchev–Trinajstić information content (AvgIpc) is 2.39. The number of benzene rings is 1. The van der Waals surface area contributed by atoms with E-state index in [1.807, 2.05) is 32.0 Å². The molecule has 0 spiro atoms. The van der Waals surface area contributed by atoms with Crippen LogP contribution in [-0.4, -0.2) is 12.8 Å². The van der Waals surface area contributed by atoms with Gasteiger partial charge in [0.1, 0.15) is 6.23 Å². The van der Waals surface area contributed by atoms with Crippen LogP contribution < -0.4 is 5.32 Å². The molecule has 1 aromatic carbocycles. The normalized spacial score (nSPS) is 23.4. The summed E-state index contributed by atoms with van der Waals surface area (Å²) in [7, 11) is 0. The highest BCUT2D eigenvalue weighted by Gasteiger charge is 2.28. The van der Waals surface area contributed by atoms with Crippen molar-refractivity contribution < 1.29 is 4.74 Å². The Morgan fingerprint density at radius 3 is 2.72 bits per heavy atom. The van der Waals surface area contributed by atoms with E-state index < -0.39 is 0 Å². The molecule has 2 rings (SSSR count). The summed E-state index contributed by atoms with van der Waals surface area (Å²) in [5.74, 6) is 0.133. The van der Waals surface area contributed by atoms with Gasteiger partial charge in [0.15, 0.2) is 0 Å². The lowest BCUT2D eigenvalue weighted by Gasteiger charge is -2.31. The second-order valence-electron chi connectivity index (χ2n) is 4.44. The monoisotopic (exact) mass is 242 g/mol. The molecule has 0 aromatic heterocycles. The topological polar surface area (TPSA) is 45.0 Å². The van der Waals surface area contributed by atoms with Gasteiger partial charge >= 0.3 is 0 Å². The third-order valence-electron chi connectivity index (χ3n) is 3.27. The first-order chi connectivity index (χ1) is 8.76. The quantitative estimate of drug-likeness (QED) is 0.886. The molecule has 1 aliphatic rings. The molecule has 3 heteroatoms. The lowest BCUT2D eigenvalue weighted by Crippen LogP contribution is -2.37. The van der Waals surface area contributed by atoms with Crippen molar-refractivity contribution in [2.45, 2.75) is 32.4 Å². The number of hydrogen-bond donors (Lipinski definition) is 1. The summed E-state index contributed by atoms with van der Waals surface area (Å²) in [6, 6.07) is 12.5. The standard InChI is InChI=1S/C15H18N2O/c1-3-18-15-9-13(12-7-5-4-6-8-12)14(10-16)11(2)17-15/h4-8,13,15,17H,3,9H2,1-2H3/t13-,15-/m0/s1. The first-order valence-corrected chi connectivity index (χ1v) is 6.30. The van der Waals surface area contributed by atoms with Gasteiger partial charge in [-0.05, 0) is 19.4 Å². The van der Waals surface area contributed by atoms with Crippen molar-refractivity contribution in [1.82, 2.24) is 5.32 Å². The van der Waals surface area contributed by atoms with Crippen LogP contribution in [0.15, 0.2) is 41.6 Å². The van der Waals surface area contributed by atoms with Crippen LogP contribution in [0.5, 0.6) is 0 Å². The van der Waals surface area contributed by atoms with Crippen LogP contribution in [-0.2, 0) is 4.74 Å². The van der Waals surface area contributed by atoms with E-state index in [1.54, 1.807) is 0 Å². The summed E-state index contributed by atoms with van der Waals surface area (Å²) in [6.45, 7) is 4.60. The molecule has 2 atom stereocenters. The molecule has 0 saturated carbocycles. The summed E-state index contributed by atoms with van der Waals surface area (Å²) in [5.41, 5.74) is 2.92. The summed E-state index contributed by atoms with van der Waals surface area (Å²) >= 11 is 0. The fourth-order valence-corrected chi connectivity index (χ4v) is 2.43. The van der Waals surface area contributed by atoms with E-state index in [9.17, 15) is 5.26 Å². The van der Waals surface area contributed by atoms with Gasteiger partial charge < -0.3 is 10.1 Å². The van der Waals surface area contributed by atoms with Crippen LogP contribution in [0.3, 0.4) is 0 Å². The first kappa shape index (κ1) is 12.7. The Balaban J connectivity index is 2.32. The number of nitrogens with one attached hydrogen (secondary N) is 1. The van der Waals surface area contributed by atoms with Gasteiger partial charge in [-0.3, -0.25) is 0 Å². The molecule has 1 N–H and O–H groups in total. The smallest absolute Gasteiger partial charge is 0.128 e. The predicted molar refractivity (Wildman–Crippen MR) is 70.7 cm³/mol. The van der Waals surface area contributed by atoms with Crippen molar-refractivity contribution in [1.29, 1.82) is 5.26 Å². The predicted octanol–water partition coefficient (Wildman–Crippen LogP) is 2.92. The number of hydrogen-bond acceptors (Lipinski definition) is 3. The van der Waals surface area contributed by atoms with Gasteiger partial charge in [0, 0.05) is 24.6 Å². The zero-order valence-corrected chi connectivity index (χ0v) is 10.8. The summed E-state index contributed by atoms with van der Waals surface area (Å²) in [5, 5.41) is 12.6. The fraction of sp³-hybridized carbons (Fsp3) is 0.400. The second kappa shape index (κ2) is 5.70. The second-order valence-corrected chi connectivity index (χ2v) is 4.44. The van der Waals surface area contributed by atoms with Crippen LogP contribution >= 0.6 is 0 Å². The van der Waals surface area contributed by atoms with Crippen LogP contribution in [0.1, 0.15) is 31.7 Å². The zero-order valence-electron chi connectivity index (χ0n) is 10.8. The van der Waals surface area contributed by atoms with Gasteiger partial charge in [-0.15, -0.1) is 0 Å². The highest BCUT2D eigenvalue weighted by atomic mass is 16.5. The maximum Gasteiger partial charge on any atom is 0.128 e. The molecule has 1 aromatic rings. The Kier molecular flexibility index (Phi) is 4.01.